The van der Waals surface area contributed by atoms with Gasteiger partial charge in [-0.1, -0.05) is 20.8 Å². The summed E-state index contributed by atoms with van der Waals surface area (Å²) in [6.45, 7) is 7.90. The highest BCUT2D eigenvalue weighted by Crippen LogP contribution is 2.26. The van der Waals surface area contributed by atoms with Gasteiger partial charge < -0.3 is 20.1 Å². The van der Waals surface area contributed by atoms with Crippen LogP contribution in [0.5, 0.6) is 5.75 Å². The first-order valence-electron chi connectivity index (χ1n) is 8.72. The van der Waals surface area contributed by atoms with Crippen molar-refractivity contribution in [2.75, 3.05) is 25.1 Å². The Labute approximate surface area is 150 Å². The molecule has 6 nitrogen and oxygen atoms in total. The average Bonchev–Trinajstić information content (AvgIpc) is 2.57. The predicted molar refractivity (Wildman–Crippen MR) is 99.4 cm³/mol. The molecule has 0 saturated heterocycles. The first-order chi connectivity index (χ1) is 11.8. The number of ketones is 1. The number of rotatable bonds is 10. The summed E-state index contributed by atoms with van der Waals surface area (Å²) in [6, 6.07) is 5.35. The molecule has 2 N–H and O–H groups in total. The molecule has 1 aromatic rings. The summed E-state index contributed by atoms with van der Waals surface area (Å²) in [6.07, 6.45) is 0.557. The van der Waals surface area contributed by atoms with Gasteiger partial charge in [0.1, 0.15) is 18.5 Å². The van der Waals surface area contributed by atoms with Gasteiger partial charge in [0.2, 0.25) is 5.91 Å². The first kappa shape index (κ1) is 21.1. The second kappa shape index (κ2) is 10.2. The Bertz CT molecular complexity index is 587. The van der Waals surface area contributed by atoms with Crippen molar-refractivity contribution in [3.8, 4) is 5.75 Å². The third-order valence-corrected chi connectivity index (χ3v) is 3.76. The molecule has 0 heterocycles. The van der Waals surface area contributed by atoms with Crippen LogP contribution >= 0.6 is 0 Å². The molecule has 0 bridgehead atoms. The molecule has 1 amide bonds. The number of nitrogens with one attached hydrogen (secondary N) is 1. The van der Waals surface area contributed by atoms with Crippen LogP contribution in [0.15, 0.2) is 18.2 Å². The van der Waals surface area contributed by atoms with Crippen LogP contribution in [-0.4, -0.2) is 49.1 Å². The minimum absolute atomic E-state index is 0.000789. The SMILES string of the molecule is CCCC(=O)N(C)c1ccc(OCC(O)CNC(C)C)c(C(C)=O)c1. The highest BCUT2D eigenvalue weighted by Gasteiger charge is 2.16. The molecular weight excluding hydrogens is 320 g/mol. The number of nitrogens with zero attached hydrogens (tertiary/aromatic N) is 1. The van der Waals surface area contributed by atoms with Gasteiger partial charge in [0.05, 0.1) is 5.56 Å². The number of aliphatic hydroxyl groups is 1. The Kier molecular flexibility index (Phi) is 8.58. The highest BCUT2D eigenvalue weighted by atomic mass is 16.5. The molecule has 1 unspecified atom stereocenters. The molecule has 6 heteroatoms. The van der Waals surface area contributed by atoms with E-state index in [1.807, 2.05) is 20.8 Å². The lowest BCUT2D eigenvalue weighted by atomic mass is 10.1. The number of hydrogen-bond donors (Lipinski definition) is 2. The number of ether oxygens (including phenoxy) is 1. The van der Waals surface area contributed by atoms with Crippen LogP contribution in [0.3, 0.4) is 0 Å². The van der Waals surface area contributed by atoms with E-state index in [-0.39, 0.29) is 24.3 Å². The standard InChI is InChI=1S/C19H30N2O4/c1-6-7-19(24)21(5)15-8-9-18(17(10-15)14(4)22)25-12-16(23)11-20-13(2)3/h8-10,13,16,20,23H,6-7,11-12H2,1-5H3. The molecule has 1 rings (SSSR count). The summed E-state index contributed by atoms with van der Waals surface area (Å²) >= 11 is 0. The molecule has 0 aliphatic rings. The zero-order valence-corrected chi connectivity index (χ0v) is 15.8. The van der Waals surface area contributed by atoms with Crippen LogP contribution in [0.4, 0.5) is 5.69 Å². The highest BCUT2D eigenvalue weighted by molar-refractivity contribution is 6.00. The molecule has 0 saturated carbocycles. The van der Waals surface area contributed by atoms with Crippen molar-refractivity contribution >= 4 is 17.4 Å². The topological polar surface area (TPSA) is 78.9 Å². The maximum absolute atomic E-state index is 12.0. The van der Waals surface area contributed by atoms with Gasteiger partial charge in [0.25, 0.3) is 0 Å². The second-order valence-electron chi connectivity index (χ2n) is 6.47. The van der Waals surface area contributed by atoms with Crippen LogP contribution in [0.1, 0.15) is 50.9 Å². The molecule has 0 spiro atoms. The maximum atomic E-state index is 12.0. The van der Waals surface area contributed by atoms with Crippen LogP contribution in [0, 0.1) is 0 Å². The van der Waals surface area contributed by atoms with Gasteiger partial charge in [-0.05, 0) is 31.5 Å². The van der Waals surface area contributed by atoms with Gasteiger partial charge in [0.15, 0.2) is 5.78 Å². The van der Waals surface area contributed by atoms with Gasteiger partial charge >= 0.3 is 0 Å². The Morgan fingerprint density at radius 2 is 2.00 bits per heavy atom. The number of benzene rings is 1. The van der Waals surface area contributed by atoms with Crippen molar-refractivity contribution < 1.29 is 19.4 Å². The average molecular weight is 350 g/mol. The zero-order valence-electron chi connectivity index (χ0n) is 15.8. The van der Waals surface area contributed by atoms with Crippen molar-refractivity contribution in [2.24, 2.45) is 0 Å². The molecule has 1 atom stereocenters. The number of amides is 1. The first-order valence-corrected chi connectivity index (χ1v) is 8.72. The number of carbonyl (C=O) groups excluding carboxylic acids is 2. The van der Waals surface area contributed by atoms with Crippen molar-refractivity contribution in [3.05, 3.63) is 23.8 Å². The van der Waals surface area contributed by atoms with Gasteiger partial charge in [-0.25, -0.2) is 0 Å². The van der Waals surface area contributed by atoms with Crippen molar-refractivity contribution in [2.45, 2.75) is 52.7 Å². The molecule has 25 heavy (non-hydrogen) atoms. The van der Waals surface area contributed by atoms with E-state index < -0.39 is 6.10 Å². The Morgan fingerprint density at radius 1 is 1.32 bits per heavy atom. The zero-order chi connectivity index (χ0) is 19.0. The lowest BCUT2D eigenvalue weighted by molar-refractivity contribution is -0.118. The van der Waals surface area contributed by atoms with E-state index in [4.69, 9.17) is 4.74 Å². The molecule has 0 radical (unpaired) electrons. The fourth-order valence-corrected chi connectivity index (χ4v) is 2.27. The van der Waals surface area contributed by atoms with Gasteiger partial charge in [-0.15, -0.1) is 0 Å². The van der Waals surface area contributed by atoms with Crippen LogP contribution in [0.2, 0.25) is 0 Å². The Hall–Kier alpha value is -1.92. The van der Waals surface area contributed by atoms with Crippen LogP contribution in [0.25, 0.3) is 0 Å². The molecule has 0 fully saturated rings. The van der Waals surface area contributed by atoms with E-state index in [0.717, 1.165) is 6.42 Å². The lowest BCUT2D eigenvalue weighted by Gasteiger charge is -2.20. The van der Waals surface area contributed by atoms with Crippen molar-refractivity contribution in [1.82, 2.24) is 5.32 Å². The van der Waals surface area contributed by atoms with Crippen molar-refractivity contribution in [1.29, 1.82) is 0 Å². The van der Waals surface area contributed by atoms with E-state index in [1.165, 1.54) is 6.92 Å². The minimum Gasteiger partial charge on any atom is -0.490 e. The monoisotopic (exact) mass is 350 g/mol. The molecule has 0 aliphatic heterocycles. The molecule has 1 aromatic carbocycles. The number of anilines is 1. The summed E-state index contributed by atoms with van der Waals surface area (Å²) < 4.78 is 5.62. The summed E-state index contributed by atoms with van der Waals surface area (Å²) in [5.41, 5.74) is 1.05. The molecule has 0 aromatic heterocycles. The molecular formula is C19H30N2O4. The fraction of sp³-hybridized carbons (Fsp3) is 0.579. The second-order valence-corrected chi connectivity index (χ2v) is 6.47. The van der Waals surface area contributed by atoms with Crippen LogP contribution in [-0.2, 0) is 4.79 Å². The van der Waals surface area contributed by atoms with E-state index in [1.54, 1.807) is 30.1 Å². The minimum atomic E-state index is -0.671. The van der Waals surface area contributed by atoms with Crippen molar-refractivity contribution in [3.63, 3.8) is 0 Å². The number of Topliss-reactive ketones (excluding diaryl/α,β-unsaturated/α-hetero) is 1. The van der Waals surface area contributed by atoms with Gasteiger partial charge in [-0.2, -0.15) is 0 Å². The summed E-state index contributed by atoms with van der Waals surface area (Å²) in [7, 11) is 1.69. The number of hydrogen-bond acceptors (Lipinski definition) is 5. The Morgan fingerprint density at radius 3 is 2.56 bits per heavy atom. The smallest absolute Gasteiger partial charge is 0.226 e. The summed E-state index contributed by atoms with van der Waals surface area (Å²) in [4.78, 5) is 25.5. The van der Waals surface area contributed by atoms with E-state index >= 15 is 0 Å². The lowest BCUT2D eigenvalue weighted by Crippen LogP contribution is -2.35. The maximum Gasteiger partial charge on any atom is 0.226 e. The third kappa shape index (κ3) is 6.84. The van der Waals surface area contributed by atoms with Gasteiger partial charge in [-0.3, -0.25) is 9.59 Å². The van der Waals surface area contributed by atoms with Gasteiger partial charge in [0, 0.05) is 31.7 Å². The summed E-state index contributed by atoms with van der Waals surface area (Å²) in [5.74, 6) is 0.264. The summed E-state index contributed by atoms with van der Waals surface area (Å²) in [5, 5.41) is 13.1. The number of aliphatic hydroxyl groups excluding tert-OH is 1. The predicted octanol–water partition coefficient (Wildman–Crippen LogP) is 2.39. The van der Waals surface area contributed by atoms with E-state index in [2.05, 4.69) is 5.32 Å². The quantitative estimate of drug-likeness (QED) is 0.634. The molecule has 140 valence electrons. The normalized spacial score (nSPS) is 12.1. The van der Waals surface area contributed by atoms with E-state index in [0.29, 0.717) is 30.0 Å². The number of carbonyl (C=O) groups is 2. The Balaban J connectivity index is 2.84. The molecule has 0 aliphatic carbocycles. The fourth-order valence-electron chi connectivity index (χ4n) is 2.27. The largest absolute Gasteiger partial charge is 0.490 e. The third-order valence-electron chi connectivity index (χ3n) is 3.76. The van der Waals surface area contributed by atoms with Crippen LogP contribution < -0.4 is 15.0 Å². The van der Waals surface area contributed by atoms with E-state index in [9.17, 15) is 14.7 Å².